The van der Waals surface area contributed by atoms with Gasteiger partial charge in [0.1, 0.15) is 23.4 Å². The quantitative estimate of drug-likeness (QED) is 0.233. The van der Waals surface area contributed by atoms with Crippen LogP contribution in [0.25, 0.3) is 0 Å². The molecule has 1 unspecified atom stereocenters. The summed E-state index contributed by atoms with van der Waals surface area (Å²) in [4.78, 5) is 13.9. The van der Waals surface area contributed by atoms with Crippen LogP contribution in [-0.4, -0.2) is 26.4 Å². The van der Waals surface area contributed by atoms with Crippen LogP contribution in [0.1, 0.15) is 47.2 Å². The number of anilines is 1. The van der Waals surface area contributed by atoms with Crippen LogP contribution in [0, 0.1) is 17.2 Å². The van der Waals surface area contributed by atoms with Gasteiger partial charge in [-0.1, -0.05) is 37.2 Å². The smallest absolute Gasteiger partial charge is 0.416 e. The van der Waals surface area contributed by atoms with Gasteiger partial charge in [0.15, 0.2) is 11.0 Å². The van der Waals surface area contributed by atoms with Crippen molar-refractivity contribution in [3.05, 3.63) is 64.3 Å². The number of ether oxygens (including phenoxy) is 1. The van der Waals surface area contributed by atoms with E-state index in [-0.39, 0.29) is 24.0 Å². The van der Waals surface area contributed by atoms with Crippen LogP contribution < -0.4 is 10.1 Å². The van der Waals surface area contributed by atoms with E-state index in [1.807, 2.05) is 0 Å². The number of hydrogen-bond acceptors (Lipinski definition) is 7. The summed E-state index contributed by atoms with van der Waals surface area (Å²) in [6.45, 7) is 6.11. The Morgan fingerprint density at radius 1 is 1.42 bits per heavy atom. The molecular formula is C26H26F3N5O2S2. The Morgan fingerprint density at radius 2 is 2.24 bits per heavy atom. The second-order valence-electron chi connectivity index (χ2n) is 8.79. The predicted molar refractivity (Wildman–Crippen MR) is 140 cm³/mol. The molecular weight excluding hydrogens is 535 g/mol. The molecule has 1 aliphatic carbocycles. The first kappa shape index (κ1) is 27.7. The number of carbonyl (C=O) groups excluding carboxylic acids is 1. The van der Waals surface area contributed by atoms with E-state index in [2.05, 4.69) is 35.1 Å². The molecule has 1 aliphatic rings. The average Bonchev–Trinajstić information content (AvgIpc) is 3.45. The summed E-state index contributed by atoms with van der Waals surface area (Å²) in [6.07, 6.45) is 1.09. The first-order valence-corrected chi connectivity index (χ1v) is 13.8. The highest BCUT2D eigenvalue weighted by Gasteiger charge is 2.30. The highest BCUT2D eigenvalue weighted by atomic mass is 32.2. The molecule has 2 aromatic heterocycles. The summed E-state index contributed by atoms with van der Waals surface area (Å²) in [5.41, 5.74) is 0.809. The van der Waals surface area contributed by atoms with Gasteiger partial charge in [-0.05, 0) is 48.9 Å². The first-order chi connectivity index (χ1) is 18.2. The summed E-state index contributed by atoms with van der Waals surface area (Å²) in [5.74, 6) is 0.809. The second-order valence-corrected chi connectivity index (χ2v) is 10.8. The van der Waals surface area contributed by atoms with Gasteiger partial charge in [-0.3, -0.25) is 9.36 Å². The Hall–Kier alpha value is -3.30. The minimum absolute atomic E-state index is 0.0365. The number of thiophene rings is 1. The molecule has 0 aliphatic heterocycles. The molecule has 0 bridgehead atoms. The third kappa shape index (κ3) is 6.39. The Balaban J connectivity index is 1.40. The monoisotopic (exact) mass is 561 g/mol. The van der Waals surface area contributed by atoms with Crippen LogP contribution in [0.5, 0.6) is 5.75 Å². The zero-order valence-electron chi connectivity index (χ0n) is 20.7. The number of carbonyl (C=O) groups is 1. The van der Waals surface area contributed by atoms with Crippen LogP contribution in [0.15, 0.2) is 42.1 Å². The van der Waals surface area contributed by atoms with E-state index < -0.39 is 11.7 Å². The van der Waals surface area contributed by atoms with E-state index in [1.165, 1.54) is 28.3 Å². The number of rotatable bonds is 10. The van der Waals surface area contributed by atoms with E-state index in [4.69, 9.17) is 4.74 Å². The second kappa shape index (κ2) is 12.0. The van der Waals surface area contributed by atoms with Gasteiger partial charge < -0.3 is 10.1 Å². The molecule has 4 rings (SSSR count). The number of aromatic nitrogens is 3. The molecule has 0 fully saturated rings. The zero-order chi connectivity index (χ0) is 27.3. The van der Waals surface area contributed by atoms with Gasteiger partial charge in [-0.15, -0.1) is 28.1 Å². The summed E-state index contributed by atoms with van der Waals surface area (Å²) in [7, 11) is 0. The fraction of sp³-hybridized carbons (Fsp3) is 0.385. The van der Waals surface area contributed by atoms with Crippen molar-refractivity contribution in [2.45, 2.75) is 57.1 Å². The third-order valence-corrected chi connectivity index (χ3v) is 8.41. The number of thioether (sulfide) groups is 1. The van der Waals surface area contributed by atoms with Gasteiger partial charge in [0.2, 0.25) is 5.91 Å². The number of nitrogens with zero attached hydrogens (tertiary/aromatic N) is 4. The molecule has 38 heavy (non-hydrogen) atoms. The van der Waals surface area contributed by atoms with Crippen LogP contribution >= 0.6 is 23.1 Å². The van der Waals surface area contributed by atoms with Crippen molar-refractivity contribution in [1.29, 1.82) is 5.26 Å². The van der Waals surface area contributed by atoms with Crippen molar-refractivity contribution in [2.75, 3.05) is 11.1 Å². The molecule has 0 spiro atoms. The number of allylic oxidation sites excluding steroid dienone is 1. The van der Waals surface area contributed by atoms with Crippen molar-refractivity contribution >= 4 is 34.0 Å². The lowest BCUT2D eigenvalue weighted by molar-refractivity contribution is -0.137. The molecule has 1 aromatic carbocycles. The summed E-state index contributed by atoms with van der Waals surface area (Å²) >= 11 is 2.64. The summed E-state index contributed by atoms with van der Waals surface area (Å²) in [5, 5.41) is 21.8. The molecule has 1 amide bonds. The van der Waals surface area contributed by atoms with E-state index in [9.17, 15) is 23.2 Å². The molecule has 1 N–H and O–H groups in total. The number of amides is 1. The molecule has 0 saturated heterocycles. The average molecular weight is 562 g/mol. The fourth-order valence-electron chi connectivity index (χ4n) is 4.26. The topological polar surface area (TPSA) is 92.8 Å². The van der Waals surface area contributed by atoms with E-state index in [0.717, 1.165) is 55.1 Å². The molecule has 200 valence electrons. The van der Waals surface area contributed by atoms with Crippen LogP contribution in [0.4, 0.5) is 18.2 Å². The maximum Gasteiger partial charge on any atom is 0.416 e. The highest BCUT2D eigenvalue weighted by molar-refractivity contribution is 7.99. The van der Waals surface area contributed by atoms with Crippen molar-refractivity contribution < 1.29 is 22.7 Å². The van der Waals surface area contributed by atoms with E-state index in [0.29, 0.717) is 34.0 Å². The lowest BCUT2D eigenvalue weighted by Gasteiger charge is -2.20. The van der Waals surface area contributed by atoms with Gasteiger partial charge in [-0.25, -0.2) is 0 Å². The lowest BCUT2D eigenvalue weighted by Crippen LogP contribution is -2.15. The number of fused-ring (bicyclic) bond motifs is 1. The number of halogens is 3. The minimum atomic E-state index is -4.47. The maximum absolute atomic E-state index is 13.0. The van der Waals surface area contributed by atoms with E-state index in [1.54, 1.807) is 10.6 Å². The number of alkyl halides is 3. The van der Waals surface area contributed by atoms with Crippen molar-refractivity contribution in [1.82, 2.24) is 14.8 Å². The SMILES string of the molecule is C=CCn1c(COc2cccc(C(F)(F)F)c2)nnc1SCC(=O)Nc1sc2c(c1C#N)CCC(CC)C2. The standard InChI is InChI=1S/C26H26F3N5O2S2/c1-3-10-34-22(14-36-18-7-5-6-17(12-18)26(27,28)29)32-33-25(34)37-15-23(35)31-24-20(13-30)19-9-8-16(4-2)11-21(19)38-24/h3,5-7,12,16H,1,4,8-11,14-15H2,2H3,(H,31,35). The van der Waals surface area contributed by atoms with Crippen LogP contribution in [0.2, 0.25) is 0 Å². The third-order valence-electron chi connectivity index (χ3n) is 6.28. The van der Waals surface area contributed by atoms with Gasteiger partial charge in [0.25, 0.3) is 0 Å². The summed E-state index contributed by atoms with van der Waals surface area (Å²) in [6, 6.07) is 6.86. The molecule has 1 atom stereocenters. The largest absolute Gasteiger partial charge is 0.486 e. The number of hydrogen-bond donors (Lipinski definition) is 1. The molecule has 12 heteroatoms. The van der Waals surface area contributed by atoms with Crippen molar-refractivity contribution in [3.8, 4) is 11.8 Å². The number of nitrogens with one attached hydrogen (secondary N) is 1. The molecule has 3 aromatic rings. The molecule has 0 saturated carbocycles. The Bertz CT molecular complexity index is 1360. The van der Waals surface area contributed by atoms with Crippen LogP contribution in [0.3, 0.4) is 0 Å². The van der Waals surface area contributed by atoms with Crippen LogP contribution in [-0.2, 0) is 37.0 Å². The zero-order valence-corrected chi connectivity index (χ0v) is 22.3. The van der Waals surface area contributed by atoms with E-state index >= 15 is 0 Å². The first-order valence-electron chi connectivity index (χ1n) is 12.0. The summed E-state index contributed by atoms with van der Waals surface area (Å²) < 4.78 is 46.2. The van der Waals surface area contributed by atoms with Gasteiger partial charge >= 0.3 is 6.18 Å². The molecule has 0 radical (unpaired) electrons. The Labute approximate surface area is 226 Å². The van der Waals surface area contributed by atoms with Gasteiger partial charge in [0, 0.05) is 11.4 Å². The molecule has 2 heterocycles. The lowest BCUT2D eigenvalue weighted by atomic mass is 9.86. The normalized spacial score (nSPS) is 15.0. The Morgan fingerprint density at radius 3 is 2.95 bits per heavy atom. The maximum atomic E-state index is 13.0. The molecule has 7 nitrogen and oxygen atoms in total. The van der Waals surface area contributed by atoms with Crippen molar-refractivity contribution in [2.24, 2.45) is 5.92 Å². The minimum Gasteiger partial charge on any atom is -0.486 e. The Kier molecular flexibility index (Phi) is 8.79. The number of benzene rings is 1. The predicted octanol–water partition coefficient (Wildman–Crippen LogP) is 6.24. The van der Waals surface area contributed by atoms with Crippen molar-refractivity contribution in [3.63, 3.8) is 0 Å². The highest BCUT2D eigenvalue weighted by Crippen LogP contribution is 2.40. The fourth-order valence-corrected chi connectivity index (χ4v) is 6.35. The van der Waals surface area contributed by atoms with Gasteiger partial charge in [0.05, 0.1) is 16.9 Å². The number of nitriles is 1. The van der Waals surface area contributed by atoms with Gasteiger partial charge in [-0.2, -0.15) is 18.4 Å².